The van der Waals surface area contributed by atoms with Crippen LogP contribution in [-0.4, -0.2) is 0 Å². The van der Waals surface area contributed by atoms with Crippen molar-refractivity contribution in [3.05, 3.63) is 235 Å². The summed E-state index contributed by atoms with van der Waals surface area (Å²) < 4.78 is 2.76. The smallest absolute Gasteiger partial charge is 0.0464 e. The Balaban J connectivity index is 0.939. The van der Waals surface area contributed by atoms with E-state index in [-0.39, 0.29) is 5.41 Å². The molecular weight excluding hydrogens is 745 g/mol. The van der Waals surface area contributed by atoms with Crippen LogP contribution in [0.25, 0.3) is 31.3 Å². The summed E-state index contributed by atoms with van der Waals surface area (Å²) in [4.78, 5) is 4.78. The topological polar surface area (TPSA) is 6.48 Å². The van der Waals surface area contributed by atoms with E-state index < -0.39 is 0 Å². The van der Waals surface area contributed by atoms with Crippen molar-refractivity contribution in [2.24, 2.45) is 5.92 Å². The lowest BCUT2D eigenvalue weighted by Crippen LogP contribution is -2.25. The number of thiophene rings is 1. The number of hydrogen-bond donors (Lipinski definition) is 0. The Morgan fingerprint density at radius 2 is 1.12 bits per heavy atom. The van der Waals surface area contributed by atoms with Gasteiger partial charge in [0.05, 0.1) is 0 Å². The molecule has 3 unspecified atom stereocenters. The molecule has 0 N–H and O–H groups in total. The van der Waals surface area contributed by atoms with Gasteiger partial charge in [0.2, 0.25) is 0 Å². The minimum absolute atomic E-state index is 0.0281. The van der Waals surface area contributed by atoms with Crippen molar-refractivity contribution in [1.82, 2.24) is 0 Å². The zero-order valence-electron chi connectivity index (χ0n) is 33.9. The number of benzene rings is 7. The molecule has 290 valence electrons. The van der Waals surface area contributed by atoms with Crippen molar-refractivity contribution in [3.63, 3.8) is 0 Å². The Bertz CT molecular complexity index is 2950. The third-order valence-corrected chi connectivity index (χ3v) is 14.3. The molecule has 0 saturated heterocycles. The maximum Gasteiger partial charge on any atom is 0.0464 e. The summed E-state index contributed by atoms with van der Waals surface area (Å²) in [6.45, 7) is 4.85. The van der Waals surface area contributed by atoms with Crippen LogP contribution in [0.5, 0.6) is 0 Å². The maximum absolute atomic E-state index is 2.48. The standard InChI is InChI=1S/C57H46N2S/c1-57(2)53-22-11-9-18-49(53)50-37-36-47(38-54(50)57)59(46-34-28-41(29-35-46)48-20-13-21-52-51-19-10-12-23-55(51)60-56(48)52)45-32-26-40(27-33-45)39-24-30-44(31-25-39)58(42-14-5-3-6-15-42)43-16-7-4-8-17-43/h3-28,30-38,41,49,53H,29H2,1-2H3. The van der Waals surface area contributed by atoms with Crippen LogP contribution in [0.3, 0.4) is 0 Å². The molecule has 3 aliphatic carbocycles. The Kier molecular flexibility index (Phi) is 9.01. The van der Waals surface area contributed by atoms with Gasteiger partial charge in [0.15, 0.2) is 0 Å². The molecule has 7 aromatic carbocycles. The minimum atomic E-state index is 0.0281. The molecule has 0 aliphatic heterocycles. The van der Waals surface area contributed by atoms with Crippen molar-refractivity contribution in [1.29, 1.82) is 0 Å². The molecule has 0 saturated carbocycles. The van der Waals surface area contributed by atoms with Gasteiger partial charge in [0.25, 0.3) is 0 Å². The van der Waals surface area contributed by atoms with E-state index in [1.165, 1.54) is 59.4 Å². The Labute approximate surface area is 357 Å². The van der Waals surface area contributed by atoms with Crippen LogP contribution >= 0.6 is 11.3 Å². The summed E-state index contributed by atoms with van der Waals surface area (Å²) in [5.74, 6) is 1.20. The van der Waals surface area contributed by atoms with E-state index in [2.05, 4.69) is 236 Å². The Hall–Kier alpha value is -6.68. The molecule has 0 fully saturated rings. The zero-order chi connectivity index (χ0) is 40.2. The molecule has 0 amide bonds. The molecule has 11 rings (SSSR count). The minimum Gasteiger partial charge on any atom is -0.311 e. The van der Waals surface area contributed by atoms with Gasteiger partial charge in [-0.3, -0.25) is 0 Å². The number of rotatable bonds is 8. The third kappa shape index (κ3) is 6.24. The second-order valence-electron chi connectivity index (χ2n) is 16.9. The number of fused-ring (bicyclic) bond motifs is 6. The first kappa shape index (κ1) is 36.4. The number of nitrogens with zero attached hydrogens (tertiary/aromatic N) is 2. The molecule has 1 aromatic heterocycles. The Morgan fingerprint density at radius 1 is 0.517 bits per heavy atom. The van der Waals surface area contributed by atoms with Crippen molar-refractivity contribution < 1.29 is 0 Å². The maximum atomic E-state index is 2.48. The van der Waals surface area contributed by atoms with Gasteiger partial charge in [-0.05, 0) is 118 Å². The lowest BCUT2D eigenvalue weighted by Gasteiger charge is -2.31. The van der Waals surface area contributed by atoms with Crippen LogP contribution in [0.15, 0.2) is 218 Å². The lowest BCUT2D eigenvalue weighted by molar-refractivity contribution is 0.394. The number of para-hydroxylation sites is 2. The van der Waals surface area contributed by atoms with Gasteiger partial charge >= 0.3 is 0 Å². The molecule has 0 spiro atoms. The first-order chi connectivity index (χ1) is 29.5. The molecule has 8 aromatic rings. The van der Waals surface area contributed by atoms with Gasteiger partial charge in [0.1, 0.15) is 0 Å². The van der Waals surface area contributed by atoms with E-state index in [1.54, 1.807) is 0 Å². The quantitative estimate of drug-likeness (QED) is 0.151. The highest BCUT2D eigenvalue weighted by atomic mass is 32.1. The predicted molar refractivity (Wildman–Crippen MR) is 257 cm³/mol. The fourth-order valence-corrected chi connectivity index (χ4v) is 11.3. The number of hydrogen-bond acceptors (Lipinski definition) is 3. The highest BCUT2D eigenvalue weighted by molar-refractivity contribution is 7.26. The number of allylic oxidation sites excluding steroid dienone is 7. The van der Waals surface area contributed by atoms with Crippen LogP contribution in [0.1, 0.15) is 48.8 Å². The van der Waals surface area contributed by atoms with Gasteiger partial charge in [-0.25, -0.2) is 0 Å². The average Bonchev–Trinajstić information content (AvgIpc) is 3.80. The predicted octanol–water partition coefficient (Wildman–Crippen LogP) is 16.1. The van der Waals surface area contributed by atoms with E-state index >= 15 is 0 Å². The lowest BCUT2D eigenvalue weighted by atomic mass is 9.74. The molecule has 3 heteroatoms. The largest absolute Gasteiger partial charge is 0.311 e. The second-order valence-corrected chi connectivity index (χ2v) is 18.0. The van der Waals surface area contributed by atoms with Crippen LogP contribution in [0.2, 0.25) is 0 Å². The van der Waals surface area contributed by atoms with Crippen molar-refractivity contribution in [2.45, 2.75) is 37.5 Å². The molecule has 0 bridgehead atoms. The monoisotopic (exact) mass is 790 g/mol. The van der Waals surface area contributed by atoms with E-state index in [4.69, 9.17) is 0 Å². The SMILES string of the molecule is CC1(C)c2cc(N(C3=CCC(c4cccc5c4sc4ccccc45)C=C3)c3ccc(-c4ccc(N(c5ccccc5)c5ccccc5)cc4)cc3)ccc2C2C=CC=CC21. The van der Waals surface area contributed by atoms with Crippen LogP contribution < -0.4 is 9.80 Å². The van der Waals surface area contributed by atoms with E-state index in [9.17, 15) is 0 Å². The average molecular weight is 791 g/mol. The fraction of sp³-hybridized carbons (Fsp3) is 0.123. The van der Waals surface area contributed by atoms with E-state index in [0.717, 1.165) is 29.2 Å². The molecule has 3 atom stereocenters. The van der Waals surface area contributed by atoms with Gasteiger partial charge in [-0.2, -0.15) is 0 Å². The second kappa shape index (κ2) is 14.9. The third-order valence-electron chi connectivity index (χ3n) is 13.1. The highest BCUT2D eigenvalue weighted by Crippen LogP contribution is 2.54. The van der Waals surface area contributed by atoms with Crippen molar-refractivity contribution >= 4 is 59.9 Å². The summed E-state index contributed by atoms with van der Waals surface area (Å²) in [5.41, 5.74) is 13.7. The molecular formula is C57H46N2S. The van der Waals surface area contributed by atoms with E-state index in [0.29, 0.717) is 17.8 Å². The summed E-state index contributed by atoms with van der Waals surface area (Å²) in [5, 5.41) is 2.72. The summed E-state index contributed by atoms with van der Waals surface area (Å²) >= 11 is 1.92. The number of anilines is 5. The summed E-state index contributed by atoms with van der Waals surface area (Å²) in [6, 6.07) is 62.2. The van der Waals surface area contributed by atoms with Gasteiger partial charge in [0, 0.05) is 66.1 Å². The first-order valence-corrected chi connectivity index (χ1v) is 22.0. The van der Waals surface area contributed by atoms with Crippen LogP contribution in [0.4, 0.5) is 28.4 Å². The van der Waals surface area contributed by atoms with Crippen LogP contribution in [0, 0.1) is 5.92 Å². The highest BCUT2D eigenvalue weighted by Gasteiger charge is 2.44. The zero-order valence-corrected chi connectivity index (χ0v) is 34.8. The molecule has 1 heterocycles. The first-order valence-electron chi connectivity index (χ1n) is 21.2. The van der Waals surface area contributed by atoms with E-state index in [1.807, 2.05) is 11.3 Å². The molecule has 3 aliphatic rings. The van der Waals surface area contributed by atoms with Gasteiger partial charge in [-0.1, -0.05) is 153 Å². The van der Waals surface area contributed by atoms with Crippen LogP contribution in [-0.2, 0) is 5.41 Å². The normalized spacial score (nSPS) is 18.6. The van der Waals surface area contributed by atoms with Gasteiger partial charge in [-0.15, -0.1) is 11.3 Å². The van der Waals surface area contributed by atoms with Crippen molar-refractivity contribution in [2.75, 3.05) is 9.80 Å². The molecule has 2 nitrogen and oxygen atoms in total. The molecule has 60 heavy (non-hydrogen) atoms. The molecule has 0 radical (unpaired) electrons. The summed E-state index contributed by atoms with van der Waals surface area (Å²) in [6.07, 6.45) is 17.5. The summed E-state index contributed by atoms with van der Waals surface area (Å²) in [7, 11) is 0. The van der Waals surface area contributed by atoms with Gasteiger partial charge < -0.3 is 9.80 Å². The fourth-order valence-electron chi connectivity index (χ4n) is 10.0. The Morgan fingerprint density at radius 3 is 1.80 bits per heavy atom. The van der Waals surface area contributed by atoms with Crippen molar-refractivity contribution in [3.8, 4) is 11.1 Å².